The molecule has 0 bridgehead atoms. The minimum Gasteiger partial charge on any atom is -0.309 e. The van der Waals surface area contributed by atoms with Crippen molar-refractivity contribution in [3.05, 3.63) is 231 Å². The second kappa shape index (κ2) is 14.8. The maximum atomic E-state index is 5.44. The minimum absolute atomic E-state index is 0.736. The third-order valence-corrected chi connectivity index (χ3v) is 15.5. The van der Waals surface area contributed by atoms with Crippen LogP contribution in [0.25, 0.3) is 141 Å². The van der Waals surface area contributed by atoms with Crippen LogP contribution in [0.4, 0.5) is 0 Å². The zero-order chi connectivity index (χ0) is 45.2. The van der Waals surface area contributed by atoms with Gasteiger partial charge in [0.1, 0.15) is 0 Å². The van der Waals surface area contributed by atoms with Gasteiger partial charge in [0.05, 0.1) is 38.0 Å². The predicted molar refractivity (Wildman–Crippen MR) is 292 cm³/mol. The van der Waals surface area contributed by atoms with Crippen molar-refractivity contribution in [2.24, 2.45) is 0 Å². The third kappa shape index (κ3) is 5.69. The lowest BCUT2D eigenvalue weighted by atomic mass is 9.91. The van der Waals surface area contributed by atoms with Crippen LogP contribution in [-0.2, 0) is 0 Å². The van der Waals surface area contributed by atoms with Gasteiger partial charge >= 0.3 is 0 Å². The SMILES string of the molecule is c1ccc(-c2nc(-c3cccc4c5ccc(-n6c7ccccc7c7cc(-c8ccc9c(c8)c8ccccc8n9-c8ccccc8)ccc76)cc5c5ccccc5c34)nc3c2sc2ccccc23)cc1. The predicted octanol–water partition coefficient (Wildman–Crippen LogP) is 17.5. The molecular formula is C64H38N4S. The lowest BCUT2D eigenvalue weighted by Crippen LogP contribution is -1.96. The Bertz CT molecular complexity index is 4570. The van der Waals surface area contributed by atoms with Gasteiger partial charge in [0.25, 0.3) is 0 Å². The fourth-order valence-corrected chi connectivity index (χ4v) is 12.4. The van der Waals surface area contributed by atoms with Crippen LogP contribution in [-0.4, -0.2) is 19.1 Å². The van der Waals surface area contributed by atoms with Crippen molar-refractivity contribution in [1.29, 1.82) is 0 Å². The molecule has 0 aliphatic carbocycles. The number of nitrogens with zero attached hydrogens (tertiary/aromatic N) is 4. The third-order valence-electron chi connectivity index (χ3n) is 14.3. The second-order valence-electron chi connectivity index (χ2n) is 18.0. The molecule has 15 aromatic rings. The number of benzene rings is 11. The number of fused-ring (bicyclic) bond motifs is 15. The minimum atomic E-state index is 0.736. The van der Waals surface area contributed by atoms with E-state index < -0.39 is 0 Å². The monoisotopic (exact) mass is 894 g/mol. The van der Waals surface area contributed by atoms with Crippen molar-refractivity contribution >= 4 is 108 Å². The molecule has 69 heavy (non-hydrogen) atoms. The first-order valence-electron chi connectivity index (χ1n) is 23.5. The van der Waals surface area contributed by atoms with E-state index in [2.05, 4.69) is 240 Å². The van der Waals surface area contributed by atoms with Crippen molar-refractivity contribution in [2.45, 2.75) is 0 Å². The van der Waals surface area contributed by atoms with E-state index in [1.54, 1.807) is 11.3 Å². The molecule has 0 N–H and O–H groups in total. The van der Waals surface area contributed by atoms with Crippen LogP contribution in [0.3, 0.4) is 0 Å². The largest absolute Gasteiger partial charge is 0.309 e. The Balaban J connectivity index is 0.908. The highest BCUT2D eigenvalue weighted by Gasteiger charge is 2.21. The fourth-order valence-electron chi connectivity index (χ4n) is 11.3. The molecule has 4 aromatic heterocycles. The first kappa shape index (κ1) is 38.2. The maximum absolute atomic E-state index is 5.44. The molecule has 320 valence electrons. The van der Waals surface area contributed by atoms with E-state index >= 15 is 0 Å². The molecule has 0 radical (unpaired) electrons. The van der Waals surface area contributed by atoms with E-state index in [0.29, 0.717) is 0 Å². The van der Waals surface area contributed by atoms with Crippen LogP contribution >= 0.6 is 11.3 Å². The maximum Gasteiger partial charge on any atom is 0.161 e. The Morgan fingerprint density at radius 3 is 1.55 bits per heavy atom. The summed E-state index contributed by atoms with van der Waals surface area (Å²) in [4.78, 5) is 10.9. The van der Waals surface area contributed by atoms with Gasteiger partial charge in [-0.05, 0) is 105 Å². The number of hydrogen-bond donors (Lipinski definition) is 0. The summed E-state index contributed by atoms with van der Waals surface area (Å²) in [6, 6.07) is 83.8. The molecule has 0 saturated carbocycles. The highest BCUT2D eigenvalue weighted by molar-refractivity contribution is 7.26. The van der Waals surface area contributed by atoms with Gasteiger partial charge in [-0.2, -0.15) is 0 Å². The number of aromatic nitrogens is 4. The molecule has 0 spiro atoms. The molecule has 5 heteroatoms. The van der Waals surface area contributed by atoms with Gasteiger partial charge in [0.15, 0.2) is 5.82 Å². The lowest BCUT2D eigenvalue weighted by Gasteiger charge is -2.16. The highest BCUT2D eigenvalue weighted by Crippen LogP contribution is 2.45. The summed E-state index contributed by atoms with van der Waals surface area (Å²) >= 11 is 1.77. The van der Waals surface area contributed by atoms with Gasteiger partial charge in [-0.3, -0.25) is 0 Å². The molecule has 11 aromatic carbocycles. The Labute approximate surface area is 400 Å². The second-order valence-corrected chi connectivity index (χ2v) is 19.1. The van der Waals surface area contributed by atoms with E-state index in [1.165, 1.54) is 97.4 Å². The molecule has 4 nitrogen and oxygen atoms in total. The summed E-state index contributed by atoms with van der Waals surface area (Å²) in [6.07, 6.45) is 0. The van der Waals surface area contributed by atoms with Crippen molar-refractivity contribution < 1.29 is 0 Å². The fraction of sp³-hybridized carbons (Fsp3) is 0. The summed E-state index contributed by atoms with van der Waals surface area (Å²) in [5.74, 6) is 0.736. The molecule has 15 rings (SSSR count). The number of thiophene rings is 1. The molecule has 0 fully saturated rings. The van der Waals surface area contributed by atoms with Crippen LogP contribution in [0.5, 0.6) is 0 Å². The molecule has 0 atom stereocenters. The van der Waals surface area contributed by atoms with Crippen LogP contribution in [0.1, 0.15) is 0 Å². The average molecular weight is 895 g/mol. The zero-order valence-electron chi connectivity index (χ0n) is 37.1. The van der Waals surface area contributed by atoms with Crippen molar-refractivity contribution in [2.75, 3.05) is 0 Å². The Hall–Kier alpha value is -8.90. The highest BCUT2D eigenvalue weighted by atomic mass is 32.1. The molecule has 0 aliphatic rings. The molecule has 4 heterocycles. The van der Waals surface area contributed by atoms with Crippen molar-refractivity contribution in [1.82, 2.24) is 19.1 Å². The van der Waals surface area contributed by atoms with Crippen LogP contribution < -0.4 is 0 Å². The summed E-state index contributed by atoms with van der Waals surface area (Å²) in [6.45, 7) is 0. The summed E-state index contributed by atoms with van der Waals surface area (Å²) in [7, 11) is 0. The number of hydrogen-bond acceptors (Lipinski definition) is 3. The lowest BCUT2D eigenvalue weighted by molar-refractivity contribution is 1.18. The van der Waals surface area contributed by atoms with E-state index in [1.807, 2.05) is 0 Å². The quantitative estimate of drug-likeness (QED) is 0.161. The van der Waals surface area contributed by atoms with Gasteiger partial charge in [-0.15, -0.1) is 11.3 Å². The first-order chi connectivity index (χ1) is 34.2. The van der Waals surface area contributed by atoms with E-state index in [4.69, 9.17) is 9.97 Å². The van der Waals surface area contributed by atoms with Crippen molar-refractivity contribution in [3.8, 4) is 45.1 Å². The van der Waals surface area contributed by atoms with Gasteiger partial charge in [0, 0.05) is 59.5 Å². The van der Waals surface area contributed by atoms with Crippen LogP contribution in [0, 0.1) is 0 Å². The van der Waals surface area contributed by atoms with E-state index in [9.17, 15) is 0 Å². The Morgan fingerprint density at radius 2 is 0.855 bits per heavy atom. The molecule has 0 saturated heterocycles. The van der Waals surface area contributed by atoms with Crippen LogP contribution in [0.2, 0.25) is 0 Å². The van der Waals surface area contributed by atoms with Gasteiger partial charge < -0.3 is 9.13 Å². The smallest absolute Gasteiger partial charge is 0.161 e. The topological polar surface area (TPSA) is 35.6 Å². The Morgan fingerprint density at radius 1 is 0.319 bits per heavy atom. The molecule has 0 unspecified atom stereocenters. The van der Waals surface area contributed by atoms with E-state index in [0.717, 1.165) is 43.9 Å². The molecule has 0 aliphatic heterocycles. The normalized spacial score (nSPS) is 12.1. The Kier molecular flexibility index (Phi) is 8.20. The first-order valence-corrected chi connectivity index (χ1v) is 24.3. The summed E-state index contributed by atoms with van der Waals surface area (Å²) in [5, 5.41) is 13.3. The van der Waals surface area contributed by atoms with Gasteiger partial charge in [-0.25, -0.2) is 9.97 Å². The summed E-state index contributed by atoms with van der Waals surface area (Å²) < 4.78 is 7.15. The van der Waals surface area contributed by atoms with Crippen LogP contribution in [0.15, 0.2) is 231 Å². The molecule has 0 amide bonds. The average Bonchev–Trinajstić information content (AvgIpc) is 4.08. The molecular weight excluding hydrogens is 857 g/mol. The van der Waals surface area contributed by atoms with E-state index in [-0.39, 0.29) is 0 Å². The number of rotatable bonds is 5. The zero-order valence-corrected chi connectivity index (χ0v) is 38.0. The van der Waals surface area contributed by atoms with Crippen molar-refractivity contribution in [3.63, 3.8) is 0 Å². The number of para-hydroxylation sites is 3. The summed E-state index contributed by atoms with van der Waals surface area (Å²) in [5.41, 5.74) is 13.5. The van der Waals surface area contributed by atoms with Gasteiger partial charge in [-0.1, -0.05) is 164 Å². The van der Waals surface area contributed by atoms with Gasteiger partial charge in [0.2, 0.25) is 0 Å². The standard InChI is InChI=1S/C64H38N4S/c1-3-16-39(17-4-1)61-63-62(50-24-11-14-29-59(50)69-63)66-64(65-61)51-26-15-25-49-45-33-32-43(38-52(45)44-20-7-8-23-48(44)60(49)51)68-56-28-13-10-22-47(56)54-37-41(31-35-58(54)68)40-30-34-57-53(36-40)46-21-9-12-27-55(46)67(57)42-18-5-2-6-19-42/h1-38H.